The Morgan fingerprint density at radius 3 is 1.28 bits per heavy atom. The van der Waals surface area contributed by atoms with Crippen LogP contribution in [0.1, 0.15) is 11.1 Å². The molecule has 0 aliphatic heterocycles. The van der Waals surface area contributed by atoms with E-state index in [2.05, 4.69) is 143 Å². The molecule has 9 aromatic carbocycles. The second-order valence-corrected chi connectivity index (χ2v) is 19.1. The Hall–Kier alpha value is -8.99. The monoisotopic (exact) mass is 901 g/mol. The van der Waals surface area contributed by atoms with Crippen molar-refractivity contribution in [3.05, 3.63) is 199 Å². The Morgan fingerprint density at radius 2 is 0.794 bits per heavy atom. The largest absolute Gasteiger partial charge is 0.308 e. The van der Waals surface area contributed by atoms with Crippen molar-refractivity contribution in [3.8, 4) is 57.7 Å². The van der Waals surface area contributed by atoms with Gasteiger partial charge in [0.2, 0.25) is 0 Å². The summed E-state index contributed by atoms with van der Waals surface area (Å²) >= 11 is 3.58. The van der Waals surface area contributed by atoms with Crippen LogP contribution in [-0.2, 0) is 0 Å². The molecule has 0 bridgehead atoms. The van der Waals surface area contributed by atoms with Crippen LogP contribution in [-0.4, -0.2) is 24.1 Å². The molecule has 0 atom stereocenters. The van der Waals surface area contributed by atoms with Crippen LogP contribution in [0.2, 0.25) is 0 Å². The van der Waals surface area contributed by atoms with Crippen molar-refractivity contribution in [2.45, 2.75) is 0 Å². The zero-order valence-corrected chi connectivity index (χ0v) is 37.5. The number of rotatable bonds is 5. The molecule has 0 spiro atoms. The van der Waals surface area contributed by atoms with E-state index >= 15 is 0 Å². The lowest BCUT2D eigenvalue weighted by Gasteiger charge is -2.17. The van der Waals surface area contributed by atoms with E-state index in [1.807, 2.05) is 66.7 Å². The molecule has 0 N–H and O–H groups in total. The van der Waals surface area contributed by atoms with E-state index in [0.717, 1.165) is 60.5 Å². The van der Waals surface area contributed by atoms with Crippen LogP contribution in [0.3, 0.4) is 0 Å². The molecule has 5 aromatic heterocycles. The van der Waals surface area contributed by atoms with Crippen LogP contribution in [0, 0.1) is 22.7 Å². The average Bonchev–Trinajstić information content (AvgIpc) is 4.16. The van der Waals surface area contributed by atoms with Gasteiger partial charge >= 0.3 is 0 Å². The molecule has 7 nitrogen and oxygen atoms in total. The highest BCUT2D eigenvalue weighted by Crippen LogP contribution is 2.46. The van der Waals surface area contributed by atoms with Gasteiger partial charge in [-0.1, -0.05) is 115 Å². The lowest BCUT2D eigenvalue weighted by atomic mass is 10.0. The van der Waals surface area contributed by atoms with Crippen molar-refractivity contribution in [1.29, 1.82) is 10.5 Å². The minimum absolute atomic E-state index is 0.399. The first kappa shape index (κ1) is 38.3. The number of hydrogen-bond donors (Lipinski definition) is 0. The van der Waals surface area contributed by atoms with E-state index < -0.39 is 0 Å². The molecule has 14 rings (SSSR count). The topological polar surface area (TPSA) is 96.1 Å². The Kier molecular flexibility index (Phi) is 8.31. The van der Waals surface area contributed by atoms with Gasteiger partial charge in [0, 0.05) is 78.6 Å². The van der Waals surface area contributed by atoms with Gasteiger partial charge in [-0.15, -0.1) is 22.7 Å². The second kappa shape index (κ2) is 14.8. The van der Waals surface area contributed by atoms with Crippen molar-refractivity contribution in [1.82, 2.24) is 24.1 Å². The molecule has 9 heteroatoms. The molecular formula is C59H31N7S2. The fourth-order valence-corrected chi connectivity index (χ4v) is 12.5. The van der Waals surface area contributed by atoms with Crippen LogP contribution in [0.15, 0.2) is 188 Å². The van der Waals surface area contributed by atoms with Crippen LogP contribution >= 0.6 is 22.7 Å². The molecule has 0 aliphatic carbocycles. The van der Waals surface area contributed by atoms with Crippen LogP contribution in [0.25, 0.3) is 129 Å². The maximum Gasteiger partial charge on any atom is 0.166 e. The molecule has 0 amide bonds. The fourth-order valence-electron chi connectivity index (χ4n) is 10.3. The summed E-state index contributed by atoms with van der Waals surface area (Å²) in [5.74, 6) is 1.26. The molecule has 314 valence electrons. The Balaban J connectivity index is 1.10. The summed E-state index contributed by atoms with van der Waals surface area (Å²) in [4.78, 5) is 16.0. The SMILES string of the molecule is N#Cc1ccc(-n2c3ccccc3c3ccc4sc5ccccc5c4c32)c(-c2nc(-c3ccccc3)nc(-c3cc(C#N)ccc3-n3c4ccccc4c4ccc5sc6ccccc6c5c43)n2)c1. The van der Waals surface area contributed by atoms with Gasteiger partial charge in [-0.25, -0.2) is 15.0 Å². The third-order valence-corrected chi connectivity index (χ3v) is 15.5. The minimum atomic E-state index is 0.399. The molecule has 0 saturated carbocycles. The van der Waals surface area contributed by atoms with E-state index in [1.54, 1.807) is 22.7 Å². The lowest BCUT2D eigenvalue weighted by molar-refractivity contribution is 1.06. The van der Waals surface area contributed by atoms with Gasteiger partial charge in [0.15, 0.2) is 17.5 Å². The van der Waals surface area contributed by atoms with E-state index in [0.29, 0.717) is 39.7 Å². The number of hydrogen-bond acceptors (Lipinski definition) is 7. The first-order valence-corrected chi connectivity index (χ1v) is 23.8. The molecule has 14 aromatic rings. The average molecular weight is 902 g/mol. The number of para-hydroxylation sites is 2. The zero-order valence-electron chi connectivity index (χ0n) is 35.8. The number of benzene rings is 9. The summed E-state index contributed by atoms with van der Waals surface area (Å²) < 4.78 is 9.46. The van der Waals surface area contributed by atoms with E-state index in [1.165, 1.54) is 40.3 Å². The smallest absolute Gasteiger partial charge is 0.166 e. The van der Waals surface area contributed by atoms with Gasteiger partial charge in [-0.05, 0) is 72.8 Å². The Bertz CT molecular complexity index is 4270. The van der Waals surface area contributed by atoms with Crippen LogP contribution in [0.4, 0.5) is 0 Å². The van der Waals surface area contributed by atoms with Gasteiger partial charge in [0.05, 0.1) is 56.7 Å². The highest BCUT2D eigenvalue weighted by atomic mass is 32.1. The summed E-state index contributed by atoms with van der Waals surface area (Å²) in [5.41, 5.74) is 8.96. The van der Waals surface area contributed by atoms with E-state index in [4.69, 9.17) is 15.0 Å². The van der Waals surface area contributed by atoms with Gasteiger partial charge in [-0.3, -0.25) is 0 Å². The zero-order chi connectivity index (χ0) is 45.0. The fraction of sp³-hybridized carbons (Fsp3) is 0. The maximum absolute atomic E-state index is 10.5. The van der Waals surface area contributed by atoms with Gasteiger partial charge in [0.25, 0.3) is 0 Å². The Morgan fingerprint density at radius 1 is 0.368 bits per heavy atom. The molecule has 0 saturated heterocycles. The molecule has 0 unspecified atom stereocenters. The van der Waals surface area contributed by atoms with Crippen molar-refractivity contribution in [2.75, 3.05) is 0 Å². The minimum Gasteiger partial charge on any atom is -0.308 e. The molecular weight excluding hydrogens is 871 g/mol. The standard InChI is InChI=1S/C59H31N7S2/c60-32-34-22-26-47(65-45-18-8-4-14-37(45)39-24-28-51-53(55(39)65)41-16-6-10-20-49(41)67-51)43(30-34)58-62-57(36-12-2-1-3-13-36)63-59(64-58)44-31-35(33-61)23-27-48(44)66-46-19-9-5-15-38(46)40-25-29-52-54(56(40)66)42-17-7-11-21-50(42)68-52/h1-31H. The summed E-state index contributed by atoms with van der Waals surface area (Å²) in [7, 11) is 0. The van der Waals surface area contributed by atoms with Crippen LogP contribution < -0.4 is 0 Å². The van der Waals surface area contributed by atoms with Gasteiger partial charge < -0.3 is 9.13 Å². The summed E-state index contributed by atoms with van der Waals surface area (Å²) in [6.07, 6.45) is 0. The van der Waals surface area contributed by atoms with Crippen LogP contribution in [0.5, 0.6) is 0 Å². The number of fused-ring (bicyclic) bond motifs is 14. The predicted molar refractivity (Wildman–Crippen MR) is 280 cm³/mol. The third kappa shape index (κ3) is 5.58. The summed E-state index contributed by atoms with van der Waals surface area (Å²) in [6.45, 7) is 0. The van der Waals surface area contributed by atoms with Crippen molar-refractivity contribution >= 4 is 107 Å². The molecule has 0 fully saturated rings. The molecule has 0 radical (unpaired) electrons. The molecule has 5 heterocycles. The highest BCUT2D eigenvalue weighted by Gasteiger charge is 2.25. The third-order valence-electron chi connectivity index (χ3n) is 13.2. The molecule has 68 heavy (non-hydrogen) atoms. The molecule has 0 aliphatic rings. The summed E-state index contributed by atoms with van der Waals surface area (Å²) in [5, 5.41) is 30.3. The van der Waals surface area contributed by atoms with Crippen molar-refractivity contribution < 1.29 is 0 Å². The first-order valence-electron chi connectivity index (χ1n) is 22.2. The normalized spacial score (nSPS) is 11.8. The predicted octanol–water partition coefficient (Wildman–Crippen LogP) is 15.5. The maximum atomic E-state index is 10.5. The quantitative estimate of drug-likeness (QED) is 0.171. The van der Waals surface area contributed by atoms with Crippen molar-refractivity contribution in [3.63, 3.8) is 0 Å². The number of nitrogens with zero attached hydrogens (tertiary/aromatic N) is 7. The Labute approximate surface area is 395 Å². The first-order chi connectivity index (χ1) is 33.6. The van der Waals surface area contributed by atoms with E-state index in [-0.39, 0.29) is 0 Å². The number of aromatic nitrogens is 5. The van der Waals surface area contributed by atoms with E-state index in [9.17, 15) is 10.5 Å². The second-order valence-electron chi connectivity index (χ2n) is 16.9. The lowest BCUT2D eigenvalue weighted by Crippen LogP contribution is -2.06. The number of nitriles is 2. The van der Waals surface area contributed by atoms with Gasteiger partial charge in [-0.2, -0.15) is 10.5 Å². The summed E-state index contributed by atoms with van der Waals surface area (Å²) in [6, 6.07) is 69.4. The van der Waals surface area contributed by atoms with Crippen molar-refractivity contribution in [2.24, 2.45) is 0 Å². The number of thiophene rings is 2. The highest BCUT2D eigenvalue weighted by molar-refractivity contribution is 7.26. The van der Waals surface area contributed by atoms with Gasteiger partial charge in [0.1, 0.15) is 0 Å².